The van der Waals surface area contributed by atoms with Gasteiger partial charge in [-0.3, -0.25) is 57.5 Å². The first-order valence-electron chi connectivity index (χ1n) is 22.6. The zero-order valence-corrected chi connectivity index (χ0v) is 43.6. The van der Waals surface area contributed by atoms with Gasteiger partial charge in [0, 0.05) is 74.0 Å². The predicted octanol–water partition coefficient (Wildman–Crippen LogP) is 3.25. The molecule has 0 aromatic heterocycles. The molecule has 69 heavy (non-hydrogen) atoms. The Morgan fingerprint density at radius 3 is 0.899 bits per heavy atom. The van der Waals surface area contributed by atoms with Crippen LogP contribution >= 0.6 is 0 Å². The van der Waals surface area contributed by atoms with E-state index in [0.717, 1.165) is 0 Å². The fraction of sp³-hybridized carbons (Fsp3) is 0.745. The molecular weight excluding hydrogens is 909 g/mol. The highest BCUT2D eigenvalue weighted by Crippen LogP contribution is 2.07. The number of ketones is 6. The van der Waals surface area contributed by atoms with Crippen LogP contribution in [0.25, 0.3) is 0 Å². The minimum atomic E-state index is -1.13. The van der Waals surface area contributed by atoms with Gasteiger partial charge in [-0.25, -0.2) is 0 Å². The maximum Gasteiger partial charge on any atom is 0.323 e. The molecule has 0 bridgehead atoms. The number of rotatable bonds is 26. The van der Waals surface area contributed by atoms with Crippen LogP contribution in [-0.2, 0) is 71.7 Å². The summed E-state index contributed by atoms with van der Waals surface area (Å²) in [5.74, 6) is -4.51. The van der Waals surface area contributed by atoms with Gasteiger partial charge in [-0.15, -0.1) is 0 Å². The summed E-state index contributed by atoms with van der Waals surface area (Å²) in [5, 5.41) is 24.9. The van der Waals surface area contributed by atoms with Gasteiger partial charge < -0.3 is 52.5 Å². The van der Waals surface area contributed by atoms with Crippen LogP contribution in [0.4, 0.5) is 0 Å². The van der Waals surface area contributed by atoms with Gasteiger partial charge in [-0.2, -0.15) is 0 Å². The molecule has 0 heterocycles. The summed E-state index contributed by atoms with van der Waals surface area (Å²) in [6.07, 6.45) is 1.79. The Hall–Kier alpha value is -5.32. The minimum Gasteiger partial charge on any atom is -0.481 e. The number of carbonyl (C=O) groups excluding carboxylic acids is 9. The maximum absolute atomic E-state index is 11.2. The summed E-state index contributed by atoms with van der Waals surface area (Å²) < 4.78 is 13.2. The number of nitrogens with two attached hydrogens (primary N) is 4. The van der Waals surface area contributed by atoms with Crippen molar-refractivity contribution in [1.82, 2.24) is 0 Å². The van der Waals surface area contributed by atoms with Crippen molar-refractivity contribution in [2.24, 2.45) is 58.4 Å². The molecule has 0 rings (SSSR count). The largest absolute Gasteiger partial charge is 0.481 e. The molecule has 22 heteroatoms. The first kappa shape index (κ1) is 75.2. The van der Waals surface area contributed by atoms with Crippen LogP contribution in [-0.4, -0.2) is 131 Å². The van der Waals surface area contributed by atoms with Crippen molar-refractivity contribution >= 4 is 70.5 Å². The molecule has 22 nitrogen and oxygen atoms in total. The lowest BCUT2D eigenvalue weighted by atomic mass is 10.0. The van der Waals surface area contributed by atoms with Gasteiger partial charge in [0.25, 0.3) is 0 Å². The van der Waals surface area contributed by atoms with Gasteiger partial charge in [0.15, 0.2) is 0 Å². The number of Topliss-reactive ketones (excluding diaryl/α,β-unsaturated/α-hetero) is 6. The monoisotopic (exact) mass is 995 g/mol. The lowest BCUT2D eigenvalue weighted by Crippen LogP contribution is -2.34. The first-order chi connectivity index (χ1) is 31.5. The Morgan fingerprint density at radius 2 is 0.623 bits per heavy atom. The van der Waals surface area contributed by atoms with Crippen LogP contribution in [0.3, 0.4) is 0 Å². The summed E-state index contributed by atoms with van der Waals surface area (Å²) in [6.45, 7) is 21.4. The van der Waals surface area contributed by atoms with Crippen molar-refractivity contribution in [3.8, 4) is 0 Å². The molecule has 0 radical (unpaired) electrons. The van der Waals surface area contributed by atoms with Gasteiger partial charge in [-0.1, -0.05) is 83.1 Å². The number of carboxylic acids is 3. The van der Waals surface area contributed by atoms with Crippen LogP contribution in [0.15, 0.2) is 0 Å². The number of esters is 3. The van der Waals surface area contributed by atoms with Crippen molar-refractivity contribution in [1.29, 1.82) is 0 Å². The average molecular weight is 995 g/mol. The van der Waals surface area contributed by atoms with E-state index in [0.29, 0.717) is 19.3 Å². The van der Waals surface area contributed by atoms with Crippen LogP contribution in [0.1, 0.15) is 147 Å². The second-order valence-corrected chi connectivity index (χ2v) is 17.3. The number of ether oxygens (including phenoxy) is 3. The molecule has 4 atom stereocenters. The SMILES string of the molecule is CC(C)C(=O)CC(N)C(=O)O.CC(C)C(=O)CCC(=O)O.CC(C)C(=O)CCC(N)C(=O)O.COC(=O)C(N)CC(=O)C(C)C.COC(=O)C(N)CCC(=O)C(C)C.COC(=O)CCC(=O)C(C)C. The zero-order valence-electron chi connectivity index (χ0n) is 43.6. The first-order valence-corrected chi connectivity index (χ1v) is 22.6. The van der Waals surface area contributed by atoms with Crippen LogP contribution in [0.5, 0.6) is 0 Å². The normalized spacial score (nSPS) is 12.0. The molecule has 0 aromatic carbocycles. The predicted molar refractivity (Wildman–Crippen MR) is 256 cm³/mol. The summed E-state index contributed by atoms with van der Waals surface area (Å²) in [4.78, 5) is 128. The van der Waals surface area contributed by atoms with Gasteiger partial charge in [0.2, 0.25) is 0 Å². The fourth-order valence-corrected chi connectivity index (χ4v) is 3.93. The second-order valence-electron chi connectivity index (χ2n) is 17.3. The molecule has 11 N–H and O–H groups in total. The van der Waals surface area contributed by atoms with E-state index in [9.17, 15) is 57.5 Å². The molecule has 0 saturated carbocycles. The van der Waals surface area contributed by atoms with E-state index >= 15 is 0 Å². The maximum atomic E-state index is 11.2. The van der Waals surface area contributed by atoms with E-state index < -0.39 is 54.0 Å². The summed E-state index contributed by atoms with van der Waals surface area (Å²) in [6, 6.07) is -3.45. The Morgan fingerprint density at radius 1 is 0.348 bits per heavy atom. The van der Waals surface area contributed by atoms with E-state index in [1.807, 2.05) is 27.7 Å². The number of carboxylic acid groups (broad SMARTS) is 3. The lowest BCUT2D eigenvalue weighted by molar-refractivity contribution is -0.144. The van der Waals surface area contributed by atoms with Crippen molar-refractivity contribution < 1.29 is 87.1 Å². The van der Waals surface area contributed by atoms with Gasteiger partial charge in [-0.05, 0) is 12.8 Å². The number of carbonyl (C=O) groups is 12. The fourth-order valence-electron chi connectivity index (χ4n) is 3.93. The minimum absolute atomic E-state index is 0.00449. The molecule has 0 aliphatic heterocycles. The van der Waals surface area contributed by atoms with Gasteiger partial charge in [0.1, 0.15) is 58.9 Å². The highest BCUT2D eigenvalue weighted by Gasteiger charge is 2.20. The highest BCUT2D eigenvalue weighted by molar-refractivity contribution is 5.88. The third-order valence-corrected chi connectivity index (χ3v) is 9.14. The van der Waals surface area contributed by atoms with Crippen molar-refractivity contribution in [3.05, 3.63) is 0 Å². The van der Waals surface area contributed by atoms with Crippen LogP contribution in [0, 0.1) is 35.5 Å². The smallest absolute Gasteiger partial charge is 0.323 e. The summed E-state index contributed by atoms with van der Waals surface area (Å²) >= 11 is 0. The van der Waals surface area contributed by atoms with E-state index in [-0.39, 0.29) is 121 Å². The number of methoxy groups -OCH3 is 3. The Bertz CT molecular complexity index is 1590. The second kappa shape index (κ2) is 43.9. The van der Waals surface area contributed by atoms with Gasteiger partial charge in [0.05, 0.1) is 34.2 Å². The molecule has 0 aromatic rings. The molecule has 0 saturated heterocycles. The standard InChI is InChI=1S/C9H17NO3.2C8H15NO3.C8H14O3.C7H13NO3.C7H12O3/c1-6(2)8(11)5-4-7(10)9(12)13-3;1-5(2)7(10)4-6(9)8(11)12-3;1-5(2)7(10)4-3-6(9)8(11)12;1-6(2)7(9)4-5-8(10)11-3;1-4(2)6(9)3-5(8)7(10)11;1-5(2)6(8)3-4-7(9)10/h6-7H,4-5,10H2,1-3H3;5-6H,4,9H2,1-3H3;5-6H,3-4,9H2,1-2H3,(H,11,12);6H,4-5H2,1-3H3;4-5H,3,8H2,1-2H3,(H,10,11);5H,3-4H2,1-2H3,(H,9,10). The number of hydrogen-bond acceptors (Lipinski definition) is 19. The topological polar surface area (TPSA) is 397 Å². The average Bonchev–Trinajstić information content (AvgIpc) is 3.27. The van der Waals surface area contributed by atoms with Crippen molar-refractivity contribution in [3.63, 3.8) is 0 Å². The summed E-state index contributed by atoms with van der Waals surface area (Å²) in [5.41, 5.74) is 21.2. The number of hydrogen-bond donors (Lipinski definition) is 7. The van der Waals surface area contributed by atoms with E-state index in [1.54, 1.807) is 55.4 Å². The van der Waals surface area contributed by atoms with Crippen molar-refractivity contribution in [2.45, 2.75) is 171 Å². The molecule has 0 spiro atoms. The Balaban J connectivity index is -0.000000173. The molecular formula is C47H86N4O18. The third kappa shape index (κ3) is 48.9. The van der Waals surface area contributed by atoms with E-state index in [1.165, 1.54) is 21.3 Å². The van der Waals surface area contributed by atoms with Crippen LogP contribution < -0.4 is 22.9 Å². The van der Waals surface area contributed by atoms with E-state index in [4.69, 9.17) is 38.3 Å². The lowest BCUT2D eigenvalue weighted by Gasteiger charge is -2.09. The third-order valence-electron chi connectivity index (χ3n) is 9.14. The quantitative estimate of drug-likeness (QED) is 0.0483. The Kier molecular flexibility index (Phi) is 47.9. The van der Waals surface area contributed by atoms with Gasteiger partial charge >= 0.3 is 35.8 Å². The van der Waals surface area contributed by atoms with Crippen molar-refractivity contribution in [2.75, 3.05) is 21.3 Å². The molecule has 0 aliphatic rings. The summed E-state index contributed by atoms with van der Waals surface area (Å²) in [7, 11) is 3.86. The Labute approximate surface area is 408 Å². The zero-order chi connectivity index (χ0) is 55.9. The molecule has 4 unspecified atom stereocenters. The molecule has 0 aliphatic carbocycles. The highest BCUT2D eigenvalue weighted by atomic mass is 16.5. The number of aliphatic carboxylic acids is 3. The van der Waals surface area contributed by atoms with Crippen LogP contribution in [0.2, 0.25) is 0 Å². The molecule has 0 fully saturated rings. The molecule has 402 valence electrons. The molecule has 0 amide bonds. The van der Waals surface area contributed by atoms with E-state index in [2.05, 4.69) is 14.2 Å².